The fourth-order valence-electron chi connectivity index (χ4n) is 5.13. The van der Waals surface area contributed by atoms with Gasteiger partial charge in [0.2, 0.25) is 5.91 Å². The smallest absolute Gasteiger partial charge is 0.239 e. The standard InChI is InChI=1S/C24H32N4O/c1-2-27-21(16-19-10-9-18(17-25)15-23(19)27)12-11-20-7-4-6-14-28(20)24(29)22-8-3-5-13-26-22/h9-10,15-16,20,22,26H,2-8,11-14H2,1H3. The molecule has 5 nitrogen and oxygen atoms in total. The number of fused-ring (bicyclic) bond motifs is 1. The first-order chi connectivity index (χ1) is 14.2. The first kappa shape index (κ1) is 20.0. The summed E-state index contributed by atoms with van der Waals surface area (Å²) in [7, 11) is 0. The molecule has 1 aromatic heterocycles. The molecule has 4 rings (SSSR count). The fourth-order valence-corrected chi connectivity index (χ4v) is 5.13. The topological polar surface area (TPSA) is 61.1 Å². The predicted octanol–water partition coefficient (Wildman–Crippen LogP) is 3.99. The highest BCUT2D eigenvalue weighted by molar-refractivity contribution is 5.83. The van der Waals surface area contributed by atoms with E-state index in [9.17, 15) is 10.1 Å². The average Bonchev–Trinajstić information content (AvgIpc) is 3.14. The third kappa shape index (κ3) is 4.18. The van der Waals surface area contributed by atoms with E-state index in [4.69, 9.17) is 0 Å². The Morgan fingerprint density at radius 1 is 1.21 bits per heavy atom. The van der Waals surface area contributed by atoms with Gasteiger partial charge in [0.05, 0.1) is 17.7 Å². The van der Waals surface area contributed by atoms with E-state index in [2.05, 4.69) is 39.9 Å². The molecule has 3 heterocycles. The van der Waals surface area contributed by atoms with Crippen LogP contribution in [0.2, 0.25) is 0 Å². The predicted molar refractivity (Wildman–Crippen MR) is 116 cm³/mol. The Bertz CT molecular complexity index is 903. The monoisotopic (exact) mass is 392 g/mol. The van der Waals surface area contributed by atoms with E-state index in [1.54, 1.807) is 0 Å². The van der Waals surface area contributed by atoms with Crippen molar-refractivity contribution < 1.29 is 4.79 Å². The van der Waals surface area contributed by atoms with Gasteiger partial charge in [0, 0.05) is 30.3 Å². The minimum absolute atomic E-state index is 0.0239. The first-order valence-corrected chi connectivity index (χ1v) is 11.3. The van der Waals surface area contributed by atoms with Crippen LogP contribution in [0.1, 0.15) is 63.1 Å². The van der Waals surface area contributed by atoms with Crippen molar-refractivity contribution in [3.8, 4) is 6.07 Å². The number of benzene rings is 1. The van der Waals surface area contributed by atoms with Crippen molar-refractivity contribution in [2.75, 3.05) is 13.1 Å². The number of carbonyl (C=O) groups is 1. The average molecular weight is 393 g/mol. The van der Waals surface area contributed by atoms with E-state index in [1.165, 1.54) is 23.9 Å². The number of amides is 1. The lowest BCUT2D eigenvalue weighted by Crippen LogP contribution is -2.53. The van der Waals surface area contributed by atoms with Crippen LogP contribution < -0.4 is 5.32 Å². The van der Waals surface area contributed by atoms with Crippen molar-refractivity contribution in [3.05, 3.63) is 35.5 Å². The van der Waals surface area contributed by atoms with Crippen LogP contribution in [-0.2, 0) is 17.8 Å². The van der Waals surface area contributed by atoms with Gasteiger partial charge in [-0.1, -0.05) is 12.5 Å². The normalized spacial score (nSPS) is 22.6. The van der Waals surface area contributed by atoms with E-state index in [-0.39, 0.29) is 6.04 Å². The number of hydrogen-bond acceptors (Lipinski definition) is 3. The number of nitrogens with zero attached hydrogens (tertiary/aromatic N) is 3. The lowest BCUT2D eigenvalue weighted by molar-refractivity contribution is -0.137. The molecule has 154 valence electrons. The quantitative estimate of drug-likeness (QED) is 0.837. The van der Waals surface area contributed by atoms with E-state index < -0.39 is 0 Å². The van der Waals surface area contributed by atoms with Gasteiger partial charge >= 0.3 is 0 Å². The third-order valence-corrected chi connectivity index (χ3v) is 6.69. The number of nitriles is 1. The molecule has 1 N–H and O–H groups in total. The van der Waals surface area contributed by atoms with E-state index in [0.29, 0.717) is 17.5 Å². The maximum atomic E-state index is 13.1. The maximum absolute atomic E-state index is 13.1. The van der Waals surface area contributed by atoms with Crippen LogP contribution in [-0.4, -0.2) is 40.5 Å². The molecule has 0 aliphatic carbocycles. The summed E-state index contributed by atoms with van der Waals surface area (Å²) in [6.45, 7) is 4.93. The van der Waals surface area contributed by atoms with Crippen LogP contribution in [0.3, 0.4) is 0 Å². The fraction of sp³-hybridized carbons (Fsp3) is 0.583. The van der Waals surface area contributed by atoms with Gasteiger partial charge in [0.1, 0.15) is 0 Å². The molecule has 29 heavy (non-hydrogen) atoms. The number of aryl methyl sites for hydroxylation is 2. The Hall–Kier alpha value is -2.32. The molecule has 2 unspecified atom stereocenters. The molecule has 2 aliphatic rings. The summed E-state index contributed by atoms with van der Waals surface area (Å²) >= 11 is 0. The van der Waals surface area contributed by atoms with Gasteiger partial charge in [-0.25, -0.2) is 0 Å². The van der Waals surface area contributed by atoms with Crippen LogP contribution >= 0.6 is 0 Å². The summed E-state index contributed by atoms with van der Waals surface area (Å²) in [5.41, 5.74) is 3.16. The van der Waals surface area contributed by atoms with E-state index in [1.807, 2.05) is 12.1 Å². The lowest BCUT2D eigenvalue weighted by atomic mass is 9.95. The van der Waals surface area contributed by atoms with Crippen molar-refractivity contribution in [3.63, 3.8) is 0 Å². The van der Waals surface area contributed by atoms with E-state index >= 15 is 0 Å². The van der Waals surface area contributed by atoms with Crippen LogP contribution in [0.5, 0.6) is 0 Å². The highest BCUT2D eigenvalue weighted by atomic mass is 16.2. The number of hydrogen-bond donors (Lipinski definition) is 1. The Morgan fingerprint density at radius 2 is 2.07 bits per heavy atom. The molecule has 1 aromatic carbocycles. The minimum atomic E-state index is 0.0239. The largest absolute Gasteiger partial charge is 0.345 e. The molecule has 0 bridgehead atoms. The molecule has 0 radical (unpaired) electrons. The molecule has 2 saturated heterocycles. The van der Waals surface area contributed by atoms with Gasteiger partial charge in [-0.15, -0.1) is 0 Å². The zero-order chi connectivity index (χ0) is 20.2. The number of carbonyl (C=O) groups excluding carboxylic acids is 1. The number of rotatable bonds is 5. The highest BCUT2D eigenvalue weighted by Crippen LogP contribution is 2.26. The molecule has 2 aliphatic heterocycles. The minimum Gasteiger partial charge on any atom is -0.345 e. The molecule has 5 heteroatoms. The van der Waals surface area contributed by atoms with Crippen LogP contribution in [0.15, 0.2) is 24.3 Å². The van der Waals surface area contributed by atoms with Crippen molar-refractivity contribution in [1.29, 1.82) is 5.26 Å². The van der Waals surface area contributed by atoms with Crippen molar-refractivity contribution >= 4 is 16.8 Å². The Morgan fingerprint density at radius 3 is 2.83 bits per heavy atom. The van der Waals surface area contributed by atoms with Gasteiger partial charge in [-0.05, 0) is 82.0 Å². The summed E-state index contributed by atoms with van der Waals surface area (Å²) in [6.07, 6.45) is 8.76. The van der Waals surface area contributed by atoms with Gasteiger partial charge < -0.3 is 14.8 Å². The lowest BCUT2D eigenvalue weighted by Gasteiger charge is -2.39. The number of piperidine rings is 2. The molecule has 1 amide bonds. The Balaban J connectivity index is 1.49. The Kier molecular flexibility index (Phi) is 6.20. The molecule has 2 aromatic rings. The van der Waals surface area contributed by atoms with Crippen LogP contribution in [0, 0.1) is 11.3 Å². The zero-order valence-electron chi connectivity index (χ0n) is 17.5. The number of aromatic nitrogens is 1. The SMILES string of the molecule is CCn1c(CCC2CCCCN2C(=O)C2CCCCN2)cc2ccc(C#N)cc21. The molecular weight excluding hydrogens is 360 g/mol. The summed E-state index contributed by atoms with van der Waals surface area (Å²) in [4.78, 5) is 15.3. The van der Waals surface area contributed by atoms with Gasteiger partial charge in [-0.2, -0.15) is 5.26 Å². The summed E-state index contributed by atoms with van der Waals surface area (Å²) in [6, 6.07) is 10.8. The summed E-state index contributed by atoms with van der Waals surface area (Å²) in [5, 5.41) is 13.9. The molecule has 2 fully saturated rings. The molecule has 0 saturated carbocycles. The Labute approximate surface area is 173 Å². The third-order valence-electron chi connectivity index (χ3n) is 6.69. The molecule has 2 atom stereocenters. The van der Waals surface area contributed by atoms with Gasteiger partial charge in [0.25, 0.3) is 0 Å². The highest BCUT2D eigenvalue weighted by Gasteiger charge is 2.32. The zero-order valence-corrected chi connectivity index (χ0v) is 17.5. The van der Waals surface area contributed by atoms with Gasteiger partial charge in [0.15, 0.2) is 0 Å². The van der Waals surface area contributed by atoms with Crippen molar-refractivity contribution in [2.24, 2.45) is 0 Å². The second kappa shape index (κ2) is 9.00. The number of likely N-dealkylation sites (tertiary alicyclic amines) is 1. The summed E-state index contributed by atoms with van der Waals surface area (Å²) < 4.78 is 2.33. The second-order valence-electron chi connectivity index (χ2n) is 8.49. The maximum Gasteiger partial charge on any atom is 0.239 e. The summed E-state index contributed by atoms with van der Waals surface area (Å²) in [5.74, 6) is 0.323. The first-order valence-electron chi connectivity index (χ1n) is 11.3. The van der Waals surface area contributed by atoms with Crippen molar-refractivity contribution in [2.45, 2.75) is 76.9 Å². The molecular formula is C24H32N4O. The van der Waals surface area contributed by atoms with E-state index in [0.717, 1.165) is 63.7 Å². The number of nitrogens with one attached hydrogen (secondary N) is 1. The van der Waals surface area contributed by atoms with Crippen LogP contribution in [0.25, 0.3) is 10.9 Å². The van der Waals surface area contributed by atoms with Gasteiger partial charge in [-0.3, -0.25) is 4.79 Å². The second-order valence-corrected chi connectivity index (χ2v) is 8.49. The molecule has 0 spiro atoms. The van der Waals surface area contributed by atoms with Crippen molar-refractivity contribution in [1.82, 2.24) is 14.8 Å². The van der Waals surface area contributed by atoms with Crippen LogP contribution in [0.4, 0.5) is 0 Å².